The number of hydrogen-bond donors (Lipinski definition) is 1. The molecule has 0 saturated heterocycles. The van der Waals surface area contributed by atoms with E-state index >= 15 is 0 Å². The number of nitrogens with two attached hydrogens (primary N) is 1. The van der Waals surface area contributed by atoms with E-state index in [4.69, 9.17) is 10.2 Å². The third kappa shape index (κ3) is 2.30. The summed E-state index contributed by atoms with van der Waals surface area (Å²) in [4.78, 5) is 0. The summed E-state index contributed by atoms with van der Waals surface area (Å²) in [5.41, 5.74) is 6.99. The topological polar surface area (TPSA) is 39.2 Å². The van der Waals surface area contributed by atoms with Gasteiger partial charge in [-0.1, -0.05) is 35.8 Å². The molecule has 0 bridgehead atoms. The van der Waals surface area contributed by atoms with E-state index in [0.717, 1.165) is 27.6 Å². The lowest BCUT2D eigenvalue weighted by molar-refractivity contribution is 0.431. The predicted molar refractivity (Wildman–Crippen MR) is 70.3 cm³/mol. The molecule has 2 rings (SSSR count). The standard InChI is InChI=1S/C13H16BrNO/c1-8(2)6-11(15)13-7-9-10(14)4-3-5-12(9)16-13/h3-5,7-8,11H,6,15H2,1-2H3/t11-/m0/s1. The molecule has 2 nitrogen and oxygen atoms in total. The van der Waals surface area contributed by atoms with E-state index in [9.17, 15) is 0 Å². The molecular formula is C13H16BrNO. The van der Waals surface area contributed by atoms with Gasteiger partial charge in [0.15, 0.2) is 0 Å². The Balaban J connectivity index is 2.36. The van der Waals surface area contributed by atoms with Crippen molar-refractivity contribution < 1.29 is 4.42 Å². The largest absolute Gasteiger partial charge is 0.459 e. The third-order valence-corrected chi connectivity index (χ3v) is 3.31. The lowest BCUT2D eigenvalue weighted by Gasteiger charge is -2.10. The van der Waals surface area contributed by atoms with Crippen molar-refractivity contribution in [2.45, 2.75) is 26.3 Å². The molecule has 0 saturated carbocycles. The van der Waals surface area contributed by atoms with Gasteiger partial charge in [0.1, 0.15) is 11.3 Å². The van der Waals surface area contributed by atoms with Crippen LogP contribution in [0.3, 0.4) is 0 Å². The van der Waals surface area contributed by atoms with Crippen molar-refractivity contribution in [1.29, 1.82) is 0 Å². The summed E-state index contributed by atoms with van der Waals surface area (Å²) in [6, 6.07) is 7.96. The molecule has 3 heteroatoms. The molecule has 1 aromatic heterocycles. The monoisotopic (exact) mass is 281 g/mol. The summed E-state index contributed by atoms with van der Waals surface area (Å²) < 4.78 is 6.81. The number of hydrogen-bond acceptors (Lipinski definition) is 2. The van der Waals surface area contributed by atoms with E-state index in [0.29, 0.717) is 5.92 Å². The highest BCUT2D eigenvalue weighted by Crippen LogP contribution is 2.30. The van der Waals surface area contributed by atoms with Crippen LogP contribution < -0.4 is 5.73 Å². The smallest absolute Gasteiger partial charge is 0.135 e. The first kappa shape index (κ1) is 11.7. The van der Waals surface area contributed by atoms with Crippen LogP contribution in [0, 0.1) is 5.92 Å². The fraction of sp³-hybridized carbons (Fsp3) is 0.385. The highest BCUT2D eigenvalue weighted by atomic mass is 79.9. The van der Waals surface area contributed by atoms with Crippen LogP contribution >= 0.6 is 15.9 Å². The van der Waals surface area contributed by atoms with Crippen LogP contribution in [0.25, 0.3) is 11.0 Å². The van der Waals surface area contributed by atoms with Gasteiger partial charge in [-0.05, 0) is 30.5 Å². The molecule has 0 amide bonds. The van der Waals surface area contributed by atoms with Crippen LogP contribution in [0.5, 0.6) is 0 Å². The molecule has 1 aromatic carbocycles. The molecule has 1 atom stereocenters. The maximum absolute atomic E-state index is 6.10. The van der Waals surface area contributed by atoms with Crippen molar-refractivity contribution in [3.63, 3.8) is 0 Å². The Morgan fingerprint density at radius 3 is 2.75 bits per heavy atom. The Bertz CT molecular complexity index is 490. The Kier molecular flexibility index (Phi) is 3.36. The minimum absolute atomic E-state index is 0.0145. The van der Waals surface area contributed by atoms with Crippen LogP contribution in [0.15, 0.2) is 33.2 Å². The Morgan fingerprint density at radius 2 is 2.12 bits per heavy atom. The first-order valence-corrected chi connectivity index (χ1v) is 6.30. The van der Waals surface area contributed by atoms with Crippen molar-refractivity contribution in [3.05, 3.63) is 34.5 Å². The molecule has 2 N–H and O–H groups in total. The average Bonchev–Trinajstić information content (AvgIpc) is 2.61. The minimum Gasteiger partial charge on any atom is -0.459 e. The molecule has 1 heterocycles. The summed E-state index contributed by atoms with van der Waals surface area (Å²) in [5, 5.41) is 1.09. The lowest BCUT2D eigenvalue weighted by Crippen LogP contribution is -2.11. The summed E-state index contributed by atoms with van der Waals surface area (Å²) in [6.07, 6.45) is 0.942. The average molecular weight is 282 g/mol. The van der Waals surface area contributed by atoms with Gasteiger partial charge in [-0.2, -0.15) is 0 Å². The Labute approximate surface area is 104 Å². The van der Waals surface area contributed by atoms with Gasteiger partial charge in [0, 0.05) is 9.86 Å². The summed E-state index contributed by atoms with van der Waals surface area (Å²) >= 11 is 3.51. The van der Waals surface area contributed by atoms with Crippen molar-refractivity contribution in [1.82, 2.24) is 0 Å². The quantitative estimate of drug-likeness (QED) is 0.914. The lowest BCUT2D eigenvalue weighted by atomic mass is 10.0. The molecule has 0 spiro atoms. The van der Waals surface area contributed by atoms with E-state index in [1.807, 2.05) is 24.3 Å². The molecule has 0 radical (unpaired) electrons. The molecule has 16 heavy (non-hydrogen) atoms. The van der Waals surface area contributed by atoms with Crippen LogP contribution in [-0.4, -0.2) is 0 Å². The number of benzene rings is 1. The minimum atomic E-state index is -0.0145. The van der Waals surface area contributed by atoms with Crippen LogP contribution in [0.4, 0.5) is 0 Å². The highest BCUT2D eigenvalue weighted by molar-refractivity contribution is 9.10. The van der Waals surface area contributed by atoms with Gasteiger partial charge in [0.25, 0.3) is 0 Å². The second-order valence-electron chi connectivity index (χ2n) is 4.54. The van der Waals surface area contributed by atoms with E-state index < -0.39 is 0 Å². The van der Waals surface area contributed by atoms with Gasteiger partial charge in [0.2, 0.25) is 0 Å². The predicted octanol–water partition coefficient (Wildman–Crippen LogP) is 4.24. The zero-order valence-electron chi connectivity index (χ0n) is 9.53. The van der Waals surface area contributed by atoms with Gasteiger partial charge < -0.3 is 10.2 Å². The Hall–Kier alpha value is -0.800. The summed E-state index contributed by atoms with van der Waals surface area (Å²) in [5.74, 6) is 1.45. The number of fused-ring (bicyclic) bond motifs is 1. The van der Waals surface area contributed by atoms with Gasteiger partial charge in [0.05, 0.1) is 6.04 Å². The number of rotatable bonds is 3. The maximum Gasteiger partial charge on any atom is 0.135 e. The molecule has 0 aliphatic carbocycles. The Morgan fingerprint density at radius 1 is 1.38 bits per heavy atom. The van der Waals surface area contributed by atoms with Crippen molar-refractivity contribution in [2.75, 3.05) is 0 Å². The van der Waals surface area contributed by atoms with Gasteiger partial charge in [-0.3, -0.25) is 0 Å². The summed E-state index contributed by atoms with van der Waals surface area (Å²) in [7, 11) is 0. The van der Waals surface area contributed by atoms with Crippen LogP contribution in [-0.2, 0) is 0 Å². The first-order chi connectivity index (χ1) is 7.58. The van der Waals surface area contributed by atoms with Crippen molar-refractivity contribution in [2.24, 2.45) is 11.7 Å². The van der Waals surface area contributed by atoms with Crippen molar-refractivity contribution in [3.8, 4) is 0 Å². The van der Waals surface area contributed by atoms with Crippen LogP contribution in [0.1, 0.15) is 32.1 Å². The molecule has 0 aliphatic heterocycles. The number of furan rings is 1. The fourth-order valence-electron chi connectivity index (χ4n) is 1.85. The zero-order chi connectivity index (χ0) is 11.7. The van der Waals surface area contributed by atoms with Gasteiger partial charge in [-0.15, -0.1) is 0 Å². The zero-order valence-corrected chi connectivity index (χ0v) is 11.1. The van der Waals surface area contributed by atoms with Crippen LogP contribution in [0.2, 0.25) is 0 Å². The number of halogens is 1. The maximum atomic E-state index is 6.10. The molecular weight excluding hydrogens is 266 g/mol. The fourth-order valence-corrected chi connectivity index (χ4v) is 2.31. The van der Waals surface area contributed by atoms with E-state index in [2.05, 4.69) is 29.8 Å². The summed E-state index contributed by atoms with van der Waals surface area (Å²) in [6.45, 7) is 4.33. The highest BCUT2D eigenvalue weighted by Gasteiger charge is 2.14. The second-order valence-corrected chi connectivity index (χ2v) is 5.39. The molecule has 86 valence electrons. The van der Waals surface area contributed by atoms with Gasteiger partial charge >= 0.3 is 0 Å². The first-order valence-electron chi connectivity index (χ1n) is 5.51. The van der Waals surface area contributed by atoms with E-state index in [1.165, 1.54) is 0 Å². The third-order valence-electron chi connectivity index (χ3n) is 2.62. The van der Waals surface area contributed by atoms with E-state index in [1.54, 1.807) is 0 Å². The SMILES string of the molecule is CC(C)C[C@H](N)c1cc2c(Br)cccc2o1. The molecule has 2 aromatic rings. The molecule has 0 fully saturated rings. The normalized spacial score (nSPS) is 13.6. The molecule has 0 unspecified atom stereocenters. The van der Waals surface area contributed by atoms with Gasteiger partial charge in [-0.25, -0.2) is 0 Å². The van der Waals surface area contributed by atoms with E-state index in [-0.39, 0.29) is 6.04 Å². The second kappa shape index (κ2) is 4.60. The molecule has 0 aliphatic rings. The van der Waals surface area contributed by atoms with Crippen molar-refractivity contribution >= 4 is 26.9 Å².